The summed E-state index contributed by atoms with van der Waals surface area (Å²) in [7, 11) is 0. The normalized spacial score (nSPS) is 11.4. The van der Waals surface area contributed by atoms with E-state index in [-0.39, 0.29) is 5.63 Å². The Morgan fingerprint density at radius 2 is 1.70 bits per heavy atom. The van der Waals surface area contributed by atoms with Crippen molar-refractivity contribution in [2.24, 2.45) is 0 Å². The van der Waals surface area contributed by atoms with Crippen LogP contribution in [0.25, 0.3) is 32.5 Å². The van der Waals surface area contributed by atoms with Gasteiger partial charge in [-0.2, -0.15) is 0 Å². The Bertz CT molecular complexity index is 1030. The monoisotopic (exact) mass is 260 g/mol. The lowest BCUT2D eigenvalue weighted by molar-refractivity contribution is 0.570. The van der Waals surface area contributed by atoms with Gasteiger partial charge >= 0.3 is 5.63 Å². The summed E-state index contributed by atoms with van der Waals surface area (Å²) in [6.45, 7) is 2.03. The van der Waals surface area contributed by atoms with Gasteiger partial charge in [-0.3, -0.25) is 0 Å². The molecule has 0 radical (unpaired) electrons. The van der Waals surface area contributed by atoms with Crippen LogP contribution in [0.5, 0.6) is 0 Å². The lowest BCUT2D eigenvalue weighted by Crippen LogP contribution is -2.00. The van der Waals surface area contributed by atoms with Crippen molar-refractivity contribution < 1.29 is 4.42 Å². The minimum atomic E-state index is -0.275. The van der Waals surface area contributed by atoms with Crippen LogP contribution >= 0.6 is 0 Å². The molecule has 20 heavy (non-hydrogen) atoms. The van der Waals surface area contributed by atoms with Gasteiger partial charge in [-0.15, -0.1) is 0 Å². The summed E-state index contributed by atoms with van der Waals surface area (Å²) in [4.78, 5) is 12.1. The predicted octanol–water partition coefficient (Wildman–Crippen LogP) is 4.41. The van der Waals surface area contributed by atoms with Crippen LogP contribution in [0.4, 0.5) is 0 Å². The van der Waals surface area contributed by atoms with Crippen LogP contribution in [0, 0.1) is 6.92 Å². The van der Waals surface area contributed by atoms with Crippen molar-refractivity contribution in [1.29, 1.82) is 0 Å². The second kappa shape index (κ2) is 3.94. The lowest BCUT2D eigenvalue weighted by atomic mass is 10.00. The smallest absolute Gasteiger partial charge is 0.344 e. The van der Waals surface area contributed by atoms with Crippen molar-refractivity contribution in [3.05, 3.63) is 70.6 Å². The summed E-state index contributed by atoms with van der Waals surface area (Å²) >= 11 is 0. The first-order valence-corrected chi connectivity index (χ1v) is 6.59. The Balaban J connectivity index is 2.41. The molecule has 4 aromatic rings. The van der Waals surface area contributed by atoms with Crippen LogP contribution in [-0.2, 0) is 0 Å². The molecule has 0 fully saturated rings. The van der Waals surface area contributed by atoms with Gasteiger partial charge in [0.1, 0.15) is 5.58 Å². The Hall–Kier alpha value is -2.61. The minimum Gasteiger partial charge on any atom is -0.422 e. The first-order valence-electron chi connectivity index (χ1n) is 6.59. The van der Waals surface area contributed by atoms with Gasteiger partial charge in [0.05, 0.1) is 5.39 Å². The Kier molecular flexibility index (Phi) is 2.21. The zero-order valence-corrected chi connectivity index (χ0v) is 11.0. The zero-order valence-electron chi connectivity index (χ0n) is 11.0. The van der Waals surface area contributed by atoms with Crippen LogP contribution in [0.15, 0.2) is 63.8 Å². The molecule has 2 nitrogen and oxygen atoms in total. The third-order valence-electron chi connectivity index (χ3n) is 3.76. The molecule has 0 aliphatic rings. The van der Waals surface area contributed by atoms with Gasteiger partial charge in [0.2, 0.25) is 0 Å². The number of hydrogen-bond donors (Lipinski definition) is 0. The van der Waals surface area contributed by atoms with Gasteiger partial charge in [0.15, 0.2) is 0 Å². The number of fused-ring (bicyclic) bond motifs is 5. The molecule has 0 aliphatic carbocycles. The van der Waals surface area contributed by atoms with Crippen LogP contribution < -0.4 is 5.63 Å². The molecule has 1 aromatic heterocycles. The molecule has 0 saturated heterocycles. The van der Waals surface area contributed by atoms with Gasteiger partial charge in [0.25, 0.3) is 0 Å². The fraction of sp³-hybridized carbons (Fsp3) is 0.0556. The standard InChI is InChI=1S/C18H12O2/c1-11-6-8-14-15(10-11)17-13-5-3-2-4-12(13)7-9-16(17)20-18(14)19/h2-10H,1H3. The van der Waals surface area contributed by atoms with E-state index in [0.717, 1.165) is 27.1 Å². The number of rotatable bonds is 0. The number of benzene rings is 3. The molecule has 0 unspecified atom stereocenters. The maximum atomic E-state index is 12.1. The van der Waals surface area contributed by atoms with Crippen molar-refractivity contribution in [2.75, 3.05) is 0 Å². The third-order valence-corrected chi connectivity index (χ3v) is 3.76. The molecule has 0 N–H and O–H groups in total. The van der Waals surface area contributed by atoms with E-state index in [1.165, 1.54) is 0 Å². The molecule has 1 heterocycles. The number of aryl methyl sites for hydroxylation is 1. The Morgan fingerprint density at radius 1 is 0.850 bits per heavy atom. The highest BCUT2D eigenvalue weighted by molar-refractivity contribution is 6.18. The topological polar surface area (TPSA) is 30.2 Å². The van der Waals surface area contributed by atoms with E-state index in [0.29, 0.717) is 11.0 Å². The molecule has 2 heteroatoms. The van der Waals surface area contributed by atoms with Crippen molar-refractivity contribution in [1.82, 2.24) is 0 Å². The molecule has 0 aliphatic heterocycles. The van der Waals surface area contributed by atoms with Crippen molar-refractivity contribution in [3.63, 3.8) is 0 Å². The van der Waals surface area contributed by atoms with E-state index in [1.807, 2.05) is 43.3 Å². The second-order valence-corrected chi connectivity index (χ2v) is 5.10. The fourth-order valence-corrected chi connectivity index (χ4v) is 2.81. The van der Waals surface area contributed by atoms with Gasteiger partial charge in [0, 0.05) is 10.8 Å². The maximum absolute atomic E-state index is 12.1. The molecule has 0 saturated carbocycles. The van der Waals surface area contributed by atoms with Gasteiger partial charge in [-0.05, 0) is 29.8 Å². The third kappa shape index (κ3) is 1.48. The Morgan fingerprint density at radius 3 is 2.60 bits per heavy atom. The molecule has 4 rings (SSSR count). The fourth-order valence-electron chi connectivity index (χ4n) is 2.81. The maximum Gasteiger partial charge on any atom is 0.344 e. The molecule has 0 amide bonds. The summed E-state index contributed by atoms with van der Waals surface area (Å²) in [5.74, 6) is 0. The molecule has 96 valence electrons. The quantitative estimate of drug-likeness (QED) is 0.346. The van der Waals surface area contributed by atoms with Crippen LogP contribution in [0.2, 0.25) is 0 Å². The minimum absolute atomic E-state index is 0.275. The van der Waals surface area contributed by atoms with Crippen molar-refractivity contribution in [2.45, 2.75) is 6.92 Å². The highest BCUT2D eigenvalue weighted by atomic mass is 16.4. The summed E-state index contributed by atoms with van der Waals surface area (Å²) in [5.41, 5.74) is 1.51. The van der Waals surface area contributed by atoms with E-state index in [9.17, 15) is 4.79 Å². The first-order chi connectivity index (χ1) is 9.74. The summed E-state index contributed by atoms with van der Waals surface area (Å²) < 4.78 is 5.47. The SMILES string of the molecule is Cc1ccc2c(=O)oc3ccc4ccccc4c3c2c1. The lowest BCUT2D eigenvalue weighted by Gasteiger charge is -2.07. The Labute approximate surface area is 115 Å². The van der Waals surface area contributed by atoms with Gasteiger partial charge in [-0.1, -0.05) is 48.0 Å². The molecule has 3 aromatic carbocycles. The van der Waals surface area contributed by atoms with E-state index in [4.69, 9.17) is 4.42 Å². The molecule has 0 bridgehead atoms. The van der Waals surface area contributed by atoms with Crippen LogP contribution in [-0.4, -0.2) is 0 Å². The highest BCUT2D eigenvalue weighted by Gasteiger charge is 2.10. The van der Waals surface area contributed by atoms with E-state index < -0.39 is 0 Å². The summed E-state index contributed by atoms with van der Waals surface area (Å²) in [6.07, 6.45) is 0. The van der Waals surface area contributed by atoms with Crippen LogP contribution in [0.1, 0.15) is 5.56 Å². The average Bonchev–Trinajstić information content (AvgIpc) is 2.46. The first kappa shape index (κ1) is 11.2. The summed E-state index contributed by atoms with van der Waals surface area (Å²) in [5, 5.41) is 4.88. The summed E-state index contributed by atoms with van der Waals surface area (Å²) in [6, 6.07) is 17.9. The average molecular weight is 260 g/mol. The predicted molar refractivity (Wildman–Crippen MR) is 82.2 cm³/mol. The van der Waals surface area contributed by atoms with Gasteiger partial charge < -0.3 is 4.42 Å². The second-order valence-electron chi connectivity index (χ2n) is 5.10. The zero-order chi connectivity index (χ0) is 13.7. The van der Waals surface area contributed by atoms with Crippen LogP contribution in [0.3, 0.4) is 0 Å². The van der Waals surface area contributed by atoms with Crippen molar-refractivity contribution in [3.8, 4) is 0 Å². The largest absolute Gasteiger partial charge is 0.422 e. The highest BCUT2D eigenvalue weighted by Crippen LogP contribution is 2.30. The van der Waals surface area contributed by atoms with E-state index in [1.54, 1.807) is 0 Å². The molecular weight excluding hydrogens is 248 g/mol. The van der Waals surface area contributed by atoms with Crippen molar-refractivity contribution >= 4 is 32.5 Å². The van der Waals surface area contributed by atoms with Gasteiger partial charge in [-0.25, -0.2) is 4.79 Å². The molecular formula is C18H12O2. The van der Waals surface area contributed by atoms with E-state index >= 15 is 0 Å². The molecule has 0 atom stereocenters. The molecule has 0 spiro atoms. The number of hydrogen-bond acceptors (Lipinski definition) is 2. The van der Waals surface area contributed by atoms with E-state index in [2.05, 4.69) is 18.2 Å².